The fraction of sp³-hybridized carbons (Fsp3) is 0.556. The van der Waals surface area contributed by atoms with Crippen molar-refractivity contribution in [1.29, 1.82) is 0 Å². The van der Waals surface area contributed by atoms with Crippen LogP contribution in [0.25, 0.3) is 0 Å². The molecule has 0 saturated heterocycles. The fourth-order valence-electron chi connectivity index (χ4n) is 2.71. The summed E-state index contributed by atoms with van der Waals surface area (Å²) in [6.45, 7) is 4.55. The standard InChI is InChI=1S/C18H27NO2/c1-3-21-17-10-9-16(13-18(17)20-2)14-19-12-11-15-7-5-4-6-8-15/h7,9-10,13,19H,3-6,8,11-12,14H2,1-2H3. The molecule has 1 N–H and O–H groups in total. The fourth-order valence-corrected chi connectivity index (χ4v) is 2.71. The summed E-state index contributed by atoms with van der Waals surface area (Å²) in [6, 6.07) is 6.14. The molecule has 2 rings (SSSR count). The molecule has 0 heterocycles. The monoisotopic (exact) mass is 289 g/mol. The number of hydrogen-bond acceptors (Lipinski definition) is 3. The summed E-state index contributed by atoms with van der Waals surface area (Å²) in [5.41, 5.74) is 2.85. The Morgan fingerprint density at radius 3 is 2.81 bits per heavy atom. The number of allylic oxidation sites excluding steroid dienone is 1. The van der Waals surface area contributed by atoms with Gasteiger partial charge in [0.15, 0.2) is 11.5 Å². The molecule has 0 aromatic heterocycles. The van der Waals surface area contributed by atoms with Gasteiger partial charge >= 0.3 is 0 Å². The van der Waals surface area contributed by atoms with Crippen molar-refractivity contribution in [2.75, 3.05) is 20.3 Å². The summed E-state index contributed by atoms with van der Waals surface area (Å²) < 4.78 is 10.9. The lowest BCUT2D eigenvalue weighted by Crippen LogP contribution is -2.15. The second-order valence-electron chi connectivity index (χ2n) is 5.45. The molecule has 0 saturated carbocycles. The molecule has 0 aliphatic heterocycles. The average molecular weight is 289 g/mol. The quantitative estimate of drug-likeness (QED) is 0.578. The molecule has 3 nitrogen and oxygen atoms in total. The lowest BCUT2D eigenvalue weighted by Gasteiger charge is -2.14. The summed E-state index contributed by atoms with van der Waals surface area (Å²) in [5, 5.41) is 3.51. The number of hydrogen-bond donors (Lipinski definition) is 1. The van der Waals surface area contributed by atoms with E-state index in [9.17, 15) is 0 Å². The van der Waals surface area contributed by atoms with E-state index in [1.54, 1.807) is 12.7 Å². The van der Waals surface area contributed by atoms with E-state index in [1.807, 2.05) is 13.0 Å². The maximum Gasteiger partial charge on any atom is 0.161 e. The summed E-state index contributed by atoms with van der Waals surface area (Å²) in [6.07, 6.45) is 8.88. The molecule has 1 aromatic carbocycles. The van der Waals surface area contributed by atoms with Crippen molar-refractivity contribution in [2.45, 2.75) is 45.6 Å². The minimum absolute atomic E-state index is 0.656. The first-order valence-corrected chi connectivity index (χ1v) is 8.02. The first kappa shape index (κ1) is 15.9. The minimum atomic E-state index is 0.656. The van der Waals surface area contributed by atoms with Crippen molar-refractivity contribution in [1.82, 2.24) is 5.32 Å². The van der Waals surface area contributed by atoms with Crippen LogP contribution in [0.1, 0.15) is 44.6 Å². The van der Waals surface area contributed by atoms with Gasteiger partial charge in [-0.1, -0.05) is 17.7 Å². The Morgan fingerprint density at radius 2 is 2.10 bits per heavy atom. The second-order valence-corrected chi connectivity index (χ2v) is 5.45. The Labute approximate surface area is 128 Å². The van der Waals surface area contributed by atoms with Crippen LogP contribution in [0.5, 0.6) is 11.5 Å². The number of methoxy groups -OCH3 is 1. The van der Waals surface area contributed by atoms with E-state index in [2.05, 4.69) is 23.5 Å². The summed E-state index contributed by atoms with van der Waals surface area (Å²) in [4.78, 5) is 0. The molecule has 0 amide bonds. The zero-order valence-electron chi connectivity index (χ0n) is 13.3. The van der Waals surface area contributed by atoms with E-state index < -0.39 is 0 Å². The highest BCUT2D eigenvalue weighted by Crippen LogP contribution is 2.28. The molecule has 1 aromatic rings. The van der Waals surface area contributed by atoms with E-state index in [0.29, 0.717) is 6.61 Å². The second kappa shape index (κ2) is 8.73. The molecule has 21 heavy (non-hydrogen) atoms. The van der Waals surface area contributed by atoms with Gasteiger partial charge in [-0.05, 0) is 63.3 Å². The van der Waals surface area contributed by atoms with Crippen LogP contribution in [-0.2, 0) is 6.54 Å². The van der Waals surface area contributed by atoms with Crippen LogP contribution in [0.15, 0.2) is 29.8 Å². The van der Waals surface area contributed by atoms with Crippen LogP contribution in [-0.4, -0.2) is 20.3 Å². The molecule has 0 unspecified atom stereocenters. The number of nitrogens with one attached hydrogen (secondary N) is 1. The number of ether oxygens (including phenoxy) is 2. The minimum Gasteiger partial charge on any atom is -0.493 e. The van der Waals surface area contributed by atoms with Crippen molar-refractivity contribution in [3.05, 3.63) is 35.4 Å². The Bertz CT molecular complexity index is 468. The summed E-state index contributed by atoms with van der Waals surface area (Å²) >= 11 is 0. The van der Waals surface area contributed by atoms with Gasteiger partial charge in [-0.3, -0.25) is 0 Å². The van der Waals surface area contributed by atoms with Gasteiger partial charge in [0.05, 0.1) is 13.7 Å². The van der Waals surface area contributed by atoms with E-state index >= 15 is 0 Å². The van der Waals surface area contributed by atoms with Gasteiger partial charge in [0, 0.05) is 6.54 Å². The van der Waals surface area contributed by atoms with Crippen LogP contribution in [0.2, 0.25) is 0 Å². The molecule has 3 heteroatoms. The molecule has 1 aliphatic carbocycles. The zero-order chi connectivity index (χ0) is 14.9. The smallest absolute Gasteiger partial charge is 0.161 e. The highest BCUT2D eigenvalue weighted by Gasteiger charge is 2.06. The van der Waals surface area contributed by atoms with E-state index in [4.69, 9.17) is 9.47 Å². The van der Waals surface area contributed by atoms with Gasteiger partial charge in [0.1, 0.15) is 0 Å². The molecule has 0 radical (unpaired) electrons. The highest BCUT2D eigenvalue weighted by molar-refractivity contribution is 5.42. The molecule has 0 fully saturated rings. The SMILES string of the molecule is CCOc1ccc(CNCCC2=CCCCC2)cc1OC. The van der Waals surface area contributed by atoms with Crippen molar-refractivity contribution in [2.24, 2.45) is 0 Å². The van der Waals surface area contributed by atoms with Gasteiger partial charge in [0.25, 0.3) is 0 Å². The third-order valence-electron chi connectivity index (χ3n) is 3.86. The molecule has 0 atom stereocenters. The first-order chi connectivity index (χ1) is 10.3. The number of rotatable bonds is 8. The lowest BCUT2D eigenvalue weighted by atomic mass is 9.97. The Hall–Kier alpha value is -1.48. The Morgan fingerprint density at radius 1 is 1.19 bits per heavy atom. The van der Waals surface area contributed by atoms with Crippen molar-refractivity contribution < 1.29 is 9.47 Å². The predicted molar refractivity (Wildman–Crippen MR) is 87.0 cm³/mol. The largest absolute Gasteiger partial charge is 0.493 e. The van der Waals surface area contributed by atoms with Gasteiger partial charge in [-0.2, -0.15) is 0 Å². The molecular formula is C18H27NO2. The zero-order valence-corrected chi connectivity index (χ0v) is 13.3. The maximum absolute atomic E-state index is 5.53. The van der Waals surface area contributed by atoms with Crippen molar-refractivity contribution in [3.8, 4) is 11.5 Å². The van der Waals surface area contributed by atoms with Gasteiger partial charge in [-0.25, -0.2) is 0 Å². The molecule has 0 bridgehead atoms. The van der Waals surface area contributed by atoms with Crippen LogP contribution in [0.3, 0.4) is 0 Å². The van der Waals surface area contributed by atoms with E-state index in [-0.39, 0.29) is 0 Å². The third-order valence-corrected chi connectivity index (χ3v) is 3.86. The molecule has 0 spiro atoms. The summed E-state index contributed by atoms with van der Waals surface area (Å²) in [5.74, 6) is 1.63. The molecular weight excluding hydrogens is 262 g/mol. The normalized spacial score (nSPS) is 14.7. The van der Waals surface area contributed by atoms with Crippen LogP contribution >= 0.6 is 0 Å². The van der Waals surface area contributed by atoms with Gasteiger partial charge in [-0.15, -0.1) is 0 Å². The maximum atomic E-state index is 5.53. The molecule has 1 aliphatic rings. The topological polar surface area (TPSA) is 30.5 Å². The van der Waals surface area contributed by atoms with Crippen molar-refractivity contribution >= 4 is 0 Å². The molecule has 116 valence electrons. The highest BCUT2D eigenvalue weighted by atomic mass is 16.5. The lowest BCUT2D eigenvalue weighted by molar-refractivity contribution is 0.310. The van der Waals surface area contributed by atoms with E-state index in [0.717, 1.165) is 24.6 Å². The average Bonchev–Trinajstić information content (AvgIpc) is 2.54. The Balaban J connectivity index is 1.78. The number of benzene rings is 1. The van der Waals surface area contributed by atoms with Crippen LogP contribution in [0, 0.1) is 0 Å². The van der Waals surface area contributed by atoms with Gasteiger partial charge < -0.3 is 14.8 Å². The first-order valence-electron chi connectivity index (χ1n) is 8.02. The summed E-state index contributed by atoms with van der Waals surface area (Å²) in [7, 11) is 1.69. The van der Waals surface area contributed by atoms with Crippen LogP contribution in [0.4, 0.5) is 0 Å². The Kier molecular flexibility index (Phi) is 6.61. The third kappa shape index (κ3) is 5.09. The van der Waals surface area contributed by atoms with Crippen molar-refractivity contribution in [3.63, 3.8) is 0 Å². The van der Waals surface area contributed by atoms with E-state index in [1.165, 1.54) is 37.7 Å². The predicted octanol–water partition coefficient (Wildman–Crippen LogP) is 4.07. The van der Waals surface area contributed by atoms with Gasteiger partial charge in [0.2, 0.25) is 0 Å². The van der Waals surface area contributed by atoms with Crippen LogP contribution < -0.4 is 14.8 Å².